The van der Waals surface area contributed by atoms with Crippen LogP contribution in [0.4, 0.5) is 0 Å². The molecule has 0 bridgehead atoms. The van der Waals surface area contributed by atoms with Crippen molar-refractivity contribution < 1.29 is 23.1 Å². The lowest BCUT2D eigenvalue weighted by Gasteiger charge is -2.47. The third-order valence-corrected chi connectivity index (χ3v) is 21.0. The number of methoxy groups -OCH3 is 2. The number of hydrogen-bond donors (Lipinski definition) is 0. The molecule has 0 saturated carbocycles. The van der Waals surface area contributed by atoms with E-state index < -0.39 is 16.6 Å². The van der Waals surface area contributed by atoms with Crippen molar-refractivity contribution in [2.75, 3.05) is 20.8 Å². The standard InChI is InChI=1S/C31H58O5Si2/c1-21(2)37(22(3)4,23(5)6)35-20-28(17-18-32)31(27-15-16-29(33-13)30(19-27)34-14)36-38(24(7)8,25(9)10)26(11)12/h15-16,18-19,21-26,28,31H,17,20H2,1-14H3/t28-,31-/m1/s1. The van der Waals surface area contributed by atoms with Gasteiger partial charge in [0.05, 0.1) is 20.3 Å². The van der Waals surface area contributed by atoms with E-state index in [1.165, 1.54) is 0 Å². The molecule has 0 aliphatic heterocycles. The molecule has 5 nitrogen and oxygen atoms in total. The summed E-state index contributed by atoms with van der Waals surface area (Å²) in [5.74, 6) is 1.26. The van der Waals surface area contributed by atoms with Crippen molar-refractivity contribution in [1.29, 1.82) is 0 Å². The van der Waals surface area contributed by atoms with Crippen LogP contribution in [0.1, 0.15) is 101 Å². The van der Waals surface area contributed by atoms with E-state index >= 15 is 0 Å². The number of rotatable bonds is 17. The first-order chi connectivity index (χ1) is 17.7. The van der Waals surface area contributed by atoms with E-state index in [2.05, 4.69) is 89.2 Å². The number of ether oxygens (including phenoxy) is 2. The molecule has 1 rings (SSSR count). The summed E-state index contributed by atoms with van der Waals surface area (Å²) in [5, 5.41) is 0. The van der Waals surface area contributed by atoms with Crippen LogP contribution in [-0.4, -0.2) is 43.7 Å². The van der Waals surface area contributed by atoms with Crippen LogP contribution in [0.25, 0.3) is 0 Å². The van der Waals surface area contributed by atoms with Crippen molar-refractivity contribution in [3.05, 3.63) is 23.8 Å². The third kappa shape index (κ3) is 7.32. The summed E-state index contributed by atoms with van der Waals surface area (Å²) in [6, 6.07) is 6.05. The number of benzene rings is 1. The Morgan fingerprint density at radius 2 is 1.13 bits per heavy atom. The molecule has 0 aliphatic rings. The maximum absolute atomic E-state index is 12.1. The summed E-state index contributed by atoms with van der Waals surface area (Å²) < 4.78 is 25.8. The molecular formula is C31H58O5Si2. The van der Waals surface area contributed by atoms with Crippen LogP contribution in [-0.2, 0) is 13.6 Å². The normalized spacial score (nSPS) is 14.7. The zero-order chi connectivity index (χ0) is 29.4. The predicted molar refractivity (Wildman–Crippen MR) is 166 cm³/mol. The second-order valence-electron chi connectivity index (χ2n) is 12.8. The Labute approximate surface area is 236 Å². The molecule has 1 aromatic carbocycles. The lowest BCUT2D eigenvalue weighted by atomic mass is 9.94. The smallest absolute Gasteiger partial charge is 0.201 e. The first-order valence-electron chi connectivity index (χ1n) is 14.6. The van der Waals surface area contributed by atoms with Gasteiger partial charge < -0.3 is 23.1 Å². The predicted octanol–water partition coefficient (Wildman–Crippen LogP) is 9.33. The second-order valence-corrected chi connectivity index (χ2v) is 23.6. The minimum Gasteiger partial charge on any atom is -0.493 e. The molecule has 38 heavy (non-hydrogen) atoms. The molecule has 0 aliphatic carbocycles. The summed E-state index contributed by atoms with van der Waals surface area (Å²) in [5.41, 5.74) is 3.67. The molecule has 0 amide bonds. The van der Waals surface area contributed by atoms with E-state index in [0.29, 0.717) is 57.8 Å². The molecule has 0 heterocycles. The first kappa shape index (κ1) is 34.9. The van der Waals surface area contributed by atoms with Crippen LogP contribution >= 0.6 is 0 Å². The molecule has 0 unspecified atom stereocenters. The fourth-order valence-corrected chi connectivity index (χ4v) is 18.3. The Hall–Kier alpha value is -1.16. The summed E-state index contributed by atoms with van der Waals surface area (Å²) in [6.45, 7) is 28.1. The summed E-state index contributed by atoms with van der Waals surface area (Å²) in [7, 11) is -1.11. The molecule has 0 aromatic heterocycles. The number of carbonyl (C=O) groups is 1. The van der Waals surface area contributed by atoms with E-state index in [9.17, 15) is 4.79 Å². The molecule has 0 N–H and O–H groups in total. The molecule has 0 saturated heterocycles. The first-order valence-corrected chi connectivity index (χ1v) is 18.9. The molecule has 7 heteroatoms. The molecular weight excluding hydrogens is 509 g/mol. The van der Waals surface area contributed by atoms with Crippen molar-refractivity contribution in [2.24, 2.45) is 5.92 Å². The monoisotopic (exact) mass is 566 g/mol. The highest BCUT2D eigenvalue weighted by atomic mass is 28.4. The van der Waals surface area contributed by atoms with Crippen molar-refractivity contribution in [3.8, 4) is 11.5 Å². The van der Waals surface area contributed by atoms with Crippen LogP contribution in [0.2, 0.25) is 33.2 Å². The molecule has 1 aromatic rings. The highest BCUT2D eigenvalue weighted by molar-refractivity contribution is 6.78. The molecule has 220 valence electrons. The maximum atomic E-state index is 12.1. The van der Waals surface area contributed by atoms with Gasteiger partial charge in [-0.2, -0.15) is 0 Å². The number of carbonyl (C=O) groups excluding carboxylic acids is 1. The van der Waals surface area contributed by atoms with Crippen LogP contribution in [0.3, 0.4) is 0 Å². The van der Waals surface area contributed by atoms with Gasteiger partial charge in [-0.1, -0.05) is 89.2 Å². The van der Waals surface area contributed by atoms with Gasteiger partial charge in [-0.15, -0.1) is 0 Å². The number of hydrogen-bond acceptors (Lipinski definition) is 5. The fraction of sp³-hybridized carbons (Fsp3) is 0.774. The maximum Gasteiger partial charge on any atom is 0.201 e. The van der Waals surface area contributed by atoms with E-state index in [1.54, 1.807) is 14.2 Å². The average molecular weight is 567 g/mol. The topological polar surface area (TPSA) is 54.0 Å². The van der Waals surface area contributed by atoms with Gasteiger partial charge in [-0.25, -0.2) is 0 Å². The second kappa shape index (κ2) is 15.0. The summed E-state index contributed by atoms with van der Waals surface area (Å²) in [4.78, 5) is 12.1. The minimum atomic E-state index is -2.29. The van der Waals surface area contributed by atoms with E-state index in [-0.39, 0.29) is 12.0 Å². The molecule has 0 fully saturated rings. The van der Waals surface area contributed by atoms with Gasteiger partial charge in [0.25, 0.3) is 0 Å². The fourth-order valence-electron chi connectivity index (χ4n) is 7.25. The highest BCUT2D eigenvalue weighted by Gasteiger charge is 2.49. The molecule has 0 radical (unpaired) electrons. The van der Waals surface area contributed by atoms with Gasteiger partial charge in [0.15, 0.2) is 19.8 Å². The van der Waals surface area contributed by atoms with Gasteiger partial charge in [-0.05, 0) is 50.9 Å². The van der Waals surface area contributed by atoms with Gasteiger partial charge >= 0.3 is 0 Å². The average Bonchev–Trinajstić information content (AvgIpc) is 2.82. The highest BCUT2D eigenvalue weighted by Crippen LogP contribution is 2.49. The van der Waals surface area contributed by atoms with E-state index in [1.807, 2.05) is 12.1 Å². The lowest BCUT2D eigenvalue weighted by Crippen LogP contribution is -2.51. The van der Waals surface area contributed by atoms with Crippen LogP contribution in [0.5, 0.6) is 11.5 Å². The molecule has 2 atom stereocenters. The van der Waals surface area contributed by atoms with Gasteiger partial charge in [0, 0.05) is 18.9 Å². The van der Waals surface area contributed by atoms with Gasteiger partial charge in [-0.3, -0.25) is 0 Å². The Morgan fingerprint density at radius 1 is 0.684 bits per heavy atom. The Balaban J connectivity index is 3.77. The van der Waals surface area contributed by atoms with E-state index in [4.69, 9.17) is 18.3 Å². The quantitative estimate of drug-likeness (QED) is 0.139. The minimum absolute atomic E-state index is 0.100. The Kier molecular flexibility index (Phi) is 13.8. The SMILES string of the molecule is COc1ccc([C@@H](O[Si](C(C)C)(C(C)C)C(C)C)[C@H](CC=O)CO[Si](C(C)C)(C(C)C)C(C)C)cc1OC. The van der Waals surface area contributed by atoms with Gasteiger partial charge in [0.1, 0.15) is 6.29 Å². The summed E-state index contributed by atoms with van der Waals surface area (Å²) >= 11 is 0. The van der Waals surface area contributed by atoms with Crippen molar-refractivity contribution >= 4 is 22.9 Å². The number of aldehydes is 1. The van der Waals surface area contributed by atoms with Crippen molar-refractivity contribution in [3.63, 3.8) is 0 Å². The Morgan fingerprint density at radius 3 is 1.50 bits per heavy atom. The molecule has 0 spiro atoms. The van der Waals surface area contributed by atoms with Crippen LogP contribution in [0.15, 0.2) is 18.2 Å². The van der Waals surface area contributed by atoms with Crippen LogP contribution in [0, 0.1) is 5.92 Å². The van der Waals surface area contributed by atoms with Crippen molar-refractivity contribution in [2.45, 2.75) is 129 Å². The third-order valence-electron chi connectivity index (χ3n) is 8.86. The van der Waals surface area contributed by atoms with Crippen LogP contribution < -0.4 is 9.47 Å². The van der Waals surface area contributed by atoms with Crippen molar-refractivity contribution in [1.82, 2.24) is 0 Å². The Bertz CT molecular complexity index is 807. The zero-order valence-electron chi connectivity index (χ0n) is 26.9. The van der Waals surface area contributed by atoms with Gasteiger partial charge in [0.2, 0.25) is 8.32 Å². The largest absolute Gasteiger partial charge is 0.493 e. The summed E-state index contributed by atoms with van der Waals surface area (Å²) in [6.07, 6.45) is 1.14. The van der Waals surface area contributed by atoms with E-state index in [0.717, 1.165) is 11.8 Å². The lowest BCUT2D eigenvalue weighted by molar-refractivity contribution is -0.109. The zero-order valence-corrected chi connectivity index (χ0v) is 28.9.